The zero-order valence-corrected chi connectivity index (χ0v) is 13.2. The lowest BCUT2D eigenvalue weighted by Gasteiger charge is -2.26. The van der Waals surface area contributed by atoms with Crippen molar-refractivity contribution in [1.82, 2.24) is 0 Å². The summed E-state index contributed by atoms with van der Waals surface area (Å²) < 4.78 is 37.9. The van der Waals surface area contributed by atoms with Gasteiger partial charge in [-0.05, 0) is 30.0 Å². The number of halogens is 4. The summed E-state index contributed by atoms with van der Waals surface area (Å²) in [6.07, 6.45) is -4.45. The van der Waals surface area contributed by atoms with Gasteiger partial charge in [0.05, 0.1) is 11.6 Å². The summed E-state index contributed by atoms with van der Waals surface area (Å²) in [7, 11) is 0. The summed E-state index contributed by atoms with van der Waals surface area (Å²) in [5.41, 5.74) is 5.18. The number of aryl methyl sites for hydroxylation is 1. The number of nitrogens with two attached hydrogens (primary N) is 1. The number of alkyl halides is 3. The standard InChI is InChI=1S/C14H19F3N2O.ClH/c1-8-5-6-9(14(15,16)17)7-10(8)19-12(20)11(18)13(2,3)4;/h5-7,11H,18H2,1-4H3,(H,19,20);1H/t11-;/m1./s1. The number of carbonyl (C=O) groups excluding carboxylic acids is 1. The number of anilines is 1. The van der Waals surface area contributed by atoms with Crippen molar-refractivity contribution < 1.29 is 18.0 Å². The fourth-order valence-corrected chi connectivity index (χ4v) is 1.54. The molecule has 0 fully saturated rings. The Labute approximate surface area is 128 Å². The lowest BCUT2D eigenvalue weighted by atomic mass is 9.87. The summed E-state index contributed by atoms with van der Waals surface area (Å²) in [4.78, 5) is 12.0. The second-order valence-corrected chi connectivity index (χ2v) is 5.86. The Kier molecular flexibility index (Phi) is 6.26. The molecule has 0 unspecified atom stereocenters. The van der Waals surface area contributed by atoms with Crippen LogP contribution in [0.25, 0.3) is 0 Å². The molecule has 0 aliphatic rings. The second-order valence-electron chi connectivity index (χ2n) is 5.86. The fraction of sp³-hybridized carbons (Fsp3) is 0.500. The van der Waals surface area contributed by atoms with Crippen molar-refractivity contribution in [2.75, 3.05) is 5.32 Å². The molecule has 3 N–H and O–H groups in total. The smallest absolute Gasteiger partial charge is 0.324 e. The monoisotopic (exact) mass is 324 g/mol. The van der Waals surface area contributed by atoms with Crippen LogP contribution in [0.2, 0.25) is 0 Å². The average Bonchev–Trinajstić information content (AvgIpc) is 2.28. The van der Waals surface area contributed by atoms with Gasteiger partial charge >= 0.3 is 6.18 Å². The molecule has 3 nitrogen and oxygen atoms in total. The summed E-state index contributed by atoms with van der Waals surface area (Å²) >= 11 is 0. The molecule has 1 aromatic carbocycles. The van der Waals surface area contributed by atoms with Gasteiger partial charge in [-0.2, -0.15) is 13.2 Å². The van der Waals surface area contributed by atoms with Gasteiger partial charge in [0.15, 0.2) is 0 Å². The third-order valence-corrected chi connectivity index (χ3v) is 3.04. The highest BCUT2D eigenvalue weighted by Crippen LogP contribution is 2.32. The van der Waals surface area contributed by atoms with Crippen molar-refractivity contribution in [1.29, 1.82) is 0 Å². The predicted molar refractivity (Wildman–Crippen MR) is 79.5 cm³/mol. The van der Waals surface area contributed by atoms with E-state index in [0.717, 1.165) is 12.1 Å². The summed E-state index contributed by atoms with van der Waals surface area (Å²) in [6, 6.07) is 2.41. The molecule has 7 heteroatoms. The highest BCUT2D eigenvalue weighted by molar-refractivity contribution is 5.95. The maximum absolute atomic E-state index is 12.6. The van der Waals surface area contributed by atoms with Crippen LogP contribution in [0.1, 0.15) is 31.9 Å². The first-order valence-corrected chi connectivity index (χ1v) is 6.17. The highest BCUT2D eigenvalue weighted by Gasteiger charge is 2.32. The Balaban J connectivity index is 0.00000400. The quantitative estimate of drug-likeness (QED) is 0.870. The maximum atomic E-state index is 12.6. The molecule has 0 aliphatic heterocycles. The van der Waals surface area contributed by atoms with Crippen molar-refractivity contribution in [3.05, 3.63) is 29.3 Å². The van der Waals surface area contributed by atoms with Crippen LogP contribution >= 0.6 is 12.4 Å². The van der Waals surface area contributed by atoms with Crippen molar-refractivity contribution in [3.8, 4) is 0 Å². The predicted octanol–water partition coefficient (Wildman–Crippen LogP) is 3.75. The van der Waals surface area contributed by atoms with Crippen molar-refractivity contribution in [3.63, 3.8) is 0 Å². The minimum Gasteiger partial charge on any atom is -0.324 e. The van der Waals surface area contributed by atoms with Crippen LogP contribution < -0.4 is 11.1 Å². The topological polar surface area (TPSA) is 55.1 Å². The zero-order valence-electron chi connectivity index (χ0n) is 12.3. The van der Waals surface area contributed by atoms with Crippen LogP contribution in [0.15, 0.2) is 18.2 Å². The molecule has 0 spiro atoms. The molecular formula is C14H20ClF3N2O. The molecule has 0 aliphatic carbocycles. The van der Waals surface area contributed by atoms with E-state index in [4.69, 9.17) is 5.73 Å². The highest BCUT2D eigenvalue weighted by atomic mass is 35.5. The molecule has 0 heterocycles. The molecule has 0 saturated carbocycles. The van der Waals surface area contributed by atoms with Crippen LogP contribution in [0.5, 0.6) is 0 Å². The third-order valence-electron chi connectivity index (χ3n) is 3.04. The van der Waals surface area contributed by atoms with Crippen LogP contribution in [-0.2, 0) is 11.0 Å². The number of nitrogens with one attached hydrogen (secondary N) is 1. The number of hydrogen-bond donors (Lipinski definition) is 2. The molecule has 21 heavy (non-hydrogen) atoms. The van der Waals surface area contributed by atoms with Gasteiger partial charge in [-0.3, -0.25) is 4.79 Å². The Morgan fingerprint density at radius 3 is 2.19 bits per heavy atom. The number of hydrogen-bond acceptors (Lipinski definition) is 2. The molecule has 1 rings (SSSR count). The number of amides is 1. The lowest BCUT2D eigenvalue weighted by Crippen LogP contribution is -2.45. The van der Waals surface area contributed by atoms with Crippen LogP contribution in [-0.4, -0.2) is 11.9 Å². The average molecular weight is 325 g/mol. The molecule has 0 radical (unpaired) electrons. The minimum absolute atomic E-state index is 0. The van der Waals surface area contributed by atoms with E-state index in [0.29, 0.717) is 5.56 Å². The van der Waals surface area contributed by atoms with E-state index < -0.39 is 29.1 Å². The molecule has 0 bridgehead atoms. The van der Waals surface area contributed by atoms with E-state index in [-0.39, 0.29) is 18.1 Å². The fourth-order valence-electron chi connectivity index (χ4n) is 1.54. The molecule has 1 aromatic rings. The molecular weight excluding hydrogens is 305 g/mol. The Morgan fingerprint density at radius 1 is 1.24 bits per heavy atom. The van der Waals surface area contributed by atoms with E-state index in [9.17, 15) is 18.0 Å². The normalized spacial score (nSPS) is 13.3. The van der Waals surface area contributed by atoms with Crippen molar-refractivity contribution in [2.45, 2.75) is 39.9 Å². The van der Waals surface area contributed by atoms with Gasteiger partial charge < -0.3 is 11.1 Å². The summed E-state index contributed by atoms with van der Waals surface area (Å²) in [5, 5.41) is 2.47. The molecule has 0 aromatic heterocycles. The minimum atomic E-state index is -4.45. The zero-order chi connectivity index (χ0) is 15.7. The van der Waals surface area contributed by atoms with E-state index in [1.54, 1.807) is 27.7 Å². The second kappa shape index (κ2) is 6.66. The Bertz CT molecular complexity index is 510. The molecule has 1 amide bonds. The van der Waals surface area contributed by atoms with E-state index >= 15 is 0 Å². The van der Waals surface area contributed by atoms with Gasteiger partial charge in [-0.15, -0.1) is 12.4 Å². The first-order valence-electron chi connectivity index (χ1n) is 6.17. The molecule has 1 atom stereocenters. The number of benzene rings is 1. The largest absolute Gasteiger partial charge is 0.416 e. The van der Waals surface area contributed by atoms with Crippen LogP contribution in [0.3, 0.4) is 0 Å². The maximum Gasteiger partial charge on any atom is 0.416 e. The third kappa shape index (κ3) is 5.21. The van der Waals surface area contributed by atoms with Gasteiger partial charge in [0, 0.05) is 5.69 Å². The molecule has 0 saturated heterocycles. The van der Waals surface area contributed by atoms with Gasteiger partial charge in [0.2, 0.25) is 5.91 Å². The van der Waals surface area contributed by atoms with Crippen LogP contribution in [0.4, 0.5) is 18.9 Å². The van der Waals surface area contributed by atoms with Gasteiger partial charge in [-0.25, -0.2) is 0 Å². The summed E-state index contributed by atoms with van der Waals surface area (Å²) in [5.74, 6) is -0.500. The van der Waals surface area contributed by atoms with E-state index in [1.165, 1.54) is 6.07 Å². The van der Waals surface area contributed by atoms with Crippen LogP contribution in [0, 0.1) is 12.3 Å². The number of rotatable bonds is 2. The van der Waals surface area contributed by atoms with Gasteiger partial charge in [0.25, 0.3) is 0 Å². The number of carbonyl (C=O) groups is 1. The SMILES string of the molecule is Cc1ccc(C(F)(F)F)cc1NC(=O)[C@@H](N)C(C)(C)C.Cl. The van der Waals surface area contributed by atoms with E-state index in [1.807, 2.05) is 0 Å². The Hall–Kier alpha value is -1.27. The lowest BCUT2D eigenvalue weighted by molar-refractivity contribution is -0.137. The van der Waals surface area contributed by atoms with Gasteiger partial charge in [-0.1, -0.05) is 26.8 Å². The first kappa shape index (κ1) is 19.7. The van der Waals surface area contributed by atoms with Gasteiger partial charge in [0.1, 0.15) is 0 Å². The Morgan fingerprint density at radius 2 is 1.76 bits per heavy atom. The van der Waals surface area contributed by atoms with E-state index in [2.05, 4.69) is 5.32 Å². The van der Waals surface area contributed by atoms with Crippen molar-refractivity contribution in [2.24, 2.45) is 11.1 Å². The summed E-state index contributed by atoms with van der Waals surface area (Å²) in [6.45, 7) is 6.99. The molecule has 120 valence electrons. The first-order chi connectivity index (χ1) is 8.93. The van der Waals surface area contributed by atoms with Crippen molar-refractivity contribution >= 4 is 24.0 Å².